The number of nitrogens with zero attached hydrogens (tertiary/aromatic N) is 2. The summed E-state index contributed by atoms with van der Waals surface area (Å²) < 4.78 is 0. The molecule has 0 saturated carbocycles. The van der Waals surface area contributed by atoms with Crippen LogP contribution >= 0.6 is 0 Å². The van der Waals surface area contributed by atoms with Crippen LogP contribution in [0.2, 0.25) is 0 Å². The van der Waals surface area contributed by atoms with Crippen LogP contribution in [0.1, 0.15) is 26.6 Å². The van der Waals surface area contributed by atoms with Gasteiger partial charge in [-0.05, 0) is 11.5 Å². The van der Waals surface area contributed by atoms with Crippen LogP contribution < -0.4 is 0 Å². The minimum atomic E-state index is -0.796. The van der Waals surface area contributed by atoms with Gasteiger partial charge in [0.2, 0.25) is 0 Å². The summed E-state index contributed by atoms with van der Waals surface area (Å²) in [5.74, 6) is -0.672. The fraction of sp³-hybridized carbons (Fsp3) is 0.545. The van der Waals surface area contributed by atoms with Crippen molar-refractivity contribution in [2.75, 3.05) is 0 Å². The third-order valence-corrected chi connectivity index (χ3v) is 2.35. The number of carbonyl (C=O) groups is 1. The van der Waals surface area contributed by atoms with Gasteiger partial charge in [0.05, 0.1) is 5.92 Å². The Bertz CT molecular complexity index is 330. The minimum absolute atomic E-state index is 0.287. The molecular formula is C11H16N2O2. The molecule has 0 aliphatic rings. The van der Waals surface area contributed by atoms with Crippen LogP contribution in [-0.2, 0) is 11.2 Å². The first-order chi connectivity index (χ1) is 6.91. The average molecular weight is 208 g/mol. The Hall–Kier alpha value is -1.45. The van der Waals surface area contributed by atoms with Gasteiger partial charge in [-0.3, -0.25) is 4.79 Å². The van der Waals surface area contributed by atoms with Crippen LogP contribution in [-0.4, -0.2) is 21.0 Å². The van der Waals surface area contributed by atoms with Gasteiger partial charge in [0, 0.05) is 18.8 Å². The molecule has 1 atom stereocenters. The van der Waals surface area contributed by atoms with E-state index in [1.54, 1.807) is 18.5 Å². The summed E-state index contributed by atoms with van der Waals surface area (Å²) in [6.45, 7) is 5.73. The van der Waals surface area contributed by atoms with Crippen molar-refractivity contribution in [3.63, 3.8) is 0 Å². The molecule has 1 aromatic heterocycles. The molecule has 0 saturated heterocycles. The fourth-order valence-electron chi connectivity index (χ4n) is 1.38. The molecule has 0 aliphatic carbocycles. The molecule has 1 aromatic rings. The lowest BCUT2D eigenvalue weighted by molar-refractivity contribution is -0.145. The van der Waals surface area contributed by atoms with Gasteiger partial charge >= 0.3 is 5.97 Å². The second-order valence-electron chi connectivity index (χ2n) is 4.63. The van der Waals surface area contributed by atoms with E-state index in [1.807, 2.05) is 20.8 Å². The Morgan fingerprint density at radius 3 is 2.33 bits per heavy atom. The van der Waals surface area contributed by atoms with Gasteiger partial charge in [-0.25, -0.2) is 9.97 Å². The molecule has 1 rings (SSSR count). The average Bonchev–Trinajstić information content (AvgIpc) is 2.13. The topological polar surface area (TPSA) is 63.1 Å². The number of carboxylic acid groups (broad SMARTS) is 1. The Morgan fingerprint density at radius 2 is 1.93 bits per heavy atom. The maximum Gasteiger partial charge on any atom is 0.307 e. The number of rotatable bonds is 3. The number of hydrogen-bond acceptors (Lipinski definition) is 3. The maximum atomic E-state index is 11.1. The summed E-state index contributed by atoms with van der Waals surface area (Å²) in [6, 6.07) is 1.72. The first-order valence-corrected chi connectivity index (χ1v) is 4.90. The van der Waals surface area contributed by atoms with Crippen molar-refractivity contribution in [2.45, 2.75) is 27.2 Å². The second kappa shape index (κ2) is 4.38. The van der Waals surface area contributed by atoms with E-state index in [0.717, 1.165) is 0 Å². The van der Waals surface area contributed by atoms with Gasteiger partial charge in [0.1, 0.15) is 5.82 Å². The van der Waals surface area contributed by atoms with Gasteiger partial charge in [-0.15, -0.1) is 0 Å². The zero-order chi connectivity index (χ0) is 11.5. The maximum absolute atomic E-state index is 11.1. The van der Waals surface area contributed by atoms with Gasteiger partial charge in [0.25, 0.3) is 0 Å². The molecule has 0 aliphatic heterocycles. The lowest BCUT2D eigenvalue weighted by Gasteiger charge is -2.26. The number of hydrogen-bond donors (Lipinski definition) is 1. The zero-order valence-corrected chi connectivity index (χ0v) is 9.27. The van der Waals surface area contributed by atoms with E-state index >= 15 is 0 Å². The highest BCUT2D eigenvalue weighted by molar-refractivity contribution is 5.71. The molecule has 4 heteroatoms. The lowest BCUT2D eigenvalue weighted by atomic mass is 9.78. The Morgan fingerprint density at radius 1 is 1.40 bits per heavy atom. The first-order valence-electron chi connectivity index (χ1n) is 4.90. The predicted molar refractivity (Wildman–Crippen MR) is 56.3 cm³/mol. The summed E-state index contributed by atoms with van der Waals surface area (Å²) in [6.07, 6.45) is 3.63. The molecule has 0 fully saturated rings. The predicted octanol–water partition coefficient (Wildman–Crippen LogP) is 1.77. The van der Waals surface area contributed by atoms with E-state index in [4.69, 9.17) is 5.11 Å². The largest absolute Gasteiger partial charge is 0.481 e. The van der Waals surface area contributed by atoms with Gasteiger partial charge < -0.3 is 5.11 Å². The lowest BCUT2D eigenvalue weighted by Crippen LogP contribution is -2.30. The smallest absolute Gasteiger partial charge is 0.307 e. The molecule has 0 aromatic carbocycles. The normalized spacial score (nSPS) is 13.5. The van der Waals surface area contributed by atoms with E-state index in [1.165, 1.54) is 0 Å². The molecule has 15 heavy (non-hydrogen) atoms. The second-order valence-corrected chi connectivity index (χ2v) is 4.63. The Balaban J connectivity index is 2.82. The Labute approximate surface area is 89.4 Å². The van der Waals surface area contributed by atoms with Crippen molar-refractivity contribution >= 4 is 5.97 Å². The van der Waals surface area contributed by atoms with Crippen LogP contribution in [0.4, 0.5) is 0 Å². The number of aromatic nitrogens is 2. The van der Waals surface area contributed by atoms with Crippen LogP contribution in [0.15, 0.2) is 18.5 Å². The van der Waals surface area contributed by atoms with E-state index in [-0.39, 0.29) is 5.41 Å². The van der Waals surface area contributed by atoms with Crippen LogP contribution in [0.5, 0.6) is 0 Å². The van der Waals surface area contributed by atoms with Crippen molar-refractivity contribution < 1.29 is 9.90 Å². The van der Waals surface area contributed by atoms with E-state index in [2.05, 4.69) is 9.97 Å². The third kappa shape index (κ3) is 3.31. The van der Waals surface area contributed by atoms with Gasteiger partial charge in [0.15, 0.2) is 0 Å². The molecule has 1 unspecified atom stereocenters. The molecule has 0 amide bonds. The summed E-state index contributed by atoms with van der Waals surface area (Å²) >= 11 is 0. The molecule has 1 N–H and O–H groups in total. The highest BCUT2D eigenvalue weighted by Gasteiger charge is 2.31. The fourth-order valence-corrected chi connectivity index (χ4v) is 1.38. The van der Waals surface area contributed by atoms with Crippen LogP contribution in [0.25, 0.3) is 0 Å². The zero-order valence-electron chi connectivity index (χ0n) is 9.27. The van der Waals surface area contributed by atoms with Crippen molar-refractivity contribution in [3.8, 4) is 0 Å². The standard InChI is InChI=1S/C11H16N2O2/c1-11(2,3)8(10(14)15)7-9-12-5-4-6-13-9/h4-6,8H,7H2,1-3H3,(H,14,15). The van der Waals surface area contributed by atoms with Gasteiger partial charge in [-0.1, -0.05) is 20.8 Å². The van der Waals surface area contributed by atoms with Gasteiger partial charge in [-0.2, -0.15) is 0 Å². The first kappa shape index (κ1) is 11.6. The molecule has 82 valence electrons. The summed E-state index contributed by atoms with van der Waals surface area (Å²) in [4.78, 5) is 19.2. The molecule has 1 heterocycles. The quantitative estimate of drug-likeness (QED) is 0.822. The van der Waals surface area contributed by atoms with Crippen LogP contribution in [0, 0.1) is 11.3 Å². The SMILES string of the molecule is CC(C)(C)C(Cc1ncccn1)C(=O)O. The summed E-state index contributed by atoms with van der Waals surface area (Å²) in [7, 11) is 0. The number of carboxylic acids is 1. The van der Waals surface area contributed by atoms with Crippen LogP contribution in [0.3, 0.4) is 0 Å². The van der Waals surface area contributed by atoms with E-state index in [0.29, 0.717) is 12.2 Å². The van der Waals surface area contributed by atoms with E-state index < -0.39 is 11.9 Å². The molecule has 4 nitrogen and oxygen atoms in total. The number of aliphatic carboxylic acids is 1. The molecule has 0 bridgehead atoms. The van der Waals surface area contributed by atoms with E-state index in [9.17, 15) is 4.79 Å². The third-order valence-electron chi connectivity index (χ3n) is 2.35. The van der Waals surface area contributed by atoms with Crippen molar-refractivity contribution in [3.05, 3.63) is 24.3 Å². The molecule has 0 spiro atoms. The van der Waals surface area contributed by atoms with Crippen molar-refractivity contribution in [1.29, 1.82) is 0 Å². The molecular weight excluding hydrogens is 192 g/mol. The highest BCUT2D eigenvalue weighted by Crippen LogP contribution is 2.28. The monoisotopic (exact) mass is 208 g/mol. The van der Waals surface area contributed by atoms with Crippen molar-refractivity contribution in [1.82, 2.24) is 9.97 Å². The highest BCUT2D eigenvalue weighted by atomic mass is 16.4. The summed E-state index contributed by atoms with van der Waals surface area (Å²) in [5.41, 5.74) is -0.287. The van der Waals surface area contributed by atoms with Crippen molar-refractivity contribution in [2.24, 2.45) is 11.3 Å². The molecule has 0 radical (unpaired) electrons. The summed E-state index contributed by atoms with van der Waals surface area (Å²) in [5, 5.41) is 9.11. The minimum Gasteiger partial charge on any atom is -0.481 e. The Kier molecular flexibility index (Phi) is 3.39.